The van der Waals surface area contributed by atoms with Crippen LogP contribution in [0.5, 0.6) is 0 Å². The van der Waals surface area contributed by atoms with Crippen molar-refractivity contribution in [3.05, 3.63) is 11.6 Å². The summed E-state index contributed by atoms with van der Waals surface area (Å²) in [6.07, 6.45) is 9.29. The standard InChI is InChI=1S/C15H26O2/c1-11(2)9-10-14-15(3,17-14)12-7-5-6-8-13(12)16-4/h9,12-14H,5-8,10H2,1-4H3/t12?,13?,14-,15-/m1/s1. The van der Waals surface area contributed by atoms with Gasteiger partial charge in [-0.3, -0.25) is 0 Å². The molecule has 1 heterocycles. The average Bonchev–Trinajstić information content (AvgIpc) is 2.99. The average molecular weight is 238 g/mol. The van der Waals surface area contributed by atoms with Crippen molar-refractivity contribution >= 4 is 0 Å². The Bertz CT molecular complexity index is 293. The number of rotatable bonds is 4. The minimum Gasteiger partial charge on any atom is -0.381 e. The van der Waals surface area contributed by atoms with Gasteiger partial charge in [0.2, 0.25) is 0 Å². The first-order valence-corrected chi connectivity index (χ1v) is 6.92. The minimum atomic E-state index is 0.0764. The zero-order valence-electron chi connectivity index (χ0n) is 11.7. The van der Waals surface area contributed by atoms with Crippen LogP contribution in [0.15, 0.2) is 11.6 Å². The summed E-state index contributed by atoms with van der Waals surface area (Å²) in [6, 6.07) is 0. The van der Waals surface area contributed by atoms with Crippen LogP contribution in [-0.2, 0) is 9.47 Å². The van der Waals surface area contributed by atoms with Crippen LogP contribution in [0.3, 0.4) is 0 Å². The first-order chi connectivity index (χ1) is 8.08. The van der Waals surface area contributed by atoms with Crippen LogP contribution in [0.4, 0.5) is 0 Å². The van der Waals surface area contributed by atoms with Crippen molar-refractivity contribution in [1.29, 1.82) is 0 Å². The fourth-order valence-electron chi connectivity index (χ4n) is 3.26. The Labute approximate surface area is 105 Å². The van der Waals surface area contributed by atoms with E-state index in [0.717, 1.165) is 6.42 Å². The molecule has 17 heavy (non-hydrogen) atoms. The van der Waals surface area contributed by atoms with Gasteiger partial charge in [0.15, 0.2) is 0 Å². The Morgan fingerprint density at radius 1 is 1.35 bits per heavy atom. The second-order valence-electron chi connectivity index (χ2n) is 5.97. The van der Waals surface area contributed by atoms with Gasteiger partial charge in [0, 0.05) is 13.0 Å². The van der Waals surface area contributed by atoms with Crippen molar-refractivity contribution in [3.8, 4) is 0 Å². The van der Waals surface area contributed by atoms with E-state index in [1.807, 2.05) is 7.11 Å². The molecule has 0 aromatic heterocycles. The van der Waals surface area contributed by atoms with Gasteiger partial charge in [0.05, 0.1) is 17.8 Å². The molecule has 0 N–H and O–H groups in total. The molecule has 0 bridgehead atoms. The van der Waals surface area contributed by atoms with Gasteiger partial charge in [0.25, 0.3) is 0 Å². The van der Waals surface area contributed by atoms with Crippen molar-refractivity contribution in [3.63, 3.8) is 0 Å². The third-order valence-corrected chi connectivity index (χ3v) is 4.46. The van der Waals surface area contributed by atoms with Gasteiger partial charge in [-0.2, -0.15) is 0 Å². The SMILES string of the molecule is COC1CCCCC1[C@@]1(C)O[C@@H]1CC=C(C)C. The lowest BCUT2D eigenvalue weighted by Gasteiger charge is -2.33. The Morgan fingerprint density at radius 2 is 2.06 bits per heavy atom. The molecule has 0 aromatic carbocycles. The molecule has 98 valence electrons. The molecule has 4 atom stereocenters. The lowest BCUT2D eigenvalue weighted by Crippen LogP contribution is -2.37. The predicted octanol–water partition coefficient (Wildman–Crippen LogP) is 3.71. The normalized spacial score (nSPS) is 41.1. The molecule has 1 saturated heterocycles. The van der Waals surface area contributed by atoms with Crippen molar-refractivity contribution in [2.45, 2.75) is 70.7 Å². The Kier molecular flexibility index (Phi) is 3.94. The maximum Gasteiger partial charge on any atom is 0.0976 e. The molecule has 0 amide bonds. The van der Waals surface area contributed by atoms with E-state index in [1.54, 1.807) is 0 Å². The second-order valence-corrected chi connectivity index (χ2v) is 5.97. The van der Waals surface area contributed by atoms with Crippen LogP contribution in [0, 0.1) is 5.92 Å². The summed E-state index contributed by atoms with van der Waals surface area (Å²) in [5, 5.41) is 0. The van der Waals surface area contributed by atoms with Gasteiger partial charge >= 0.3 is 0 Å². The predicted molar refractivity (Wildman–Crippen MR) is 70.1 cm³/mol. The Hall–Kier alpha value is -0.340. The molecule has 1 aliphatic heterocycles. The lowest BCUT2D eigenvalue weighted by atomic mass is 9.76. The number of allylic oxidation sites excluding steroid dienone is 1. The summed E-state index contributed by atoms with van der Waals surface area (Å²) in [7, 11) is 1.85. The number of methoxy groups -OCH3 is 1. The molecule has 2 heteroatoms. The molecule has 1 aliphatic carbocycles. The second kappa shape index (κ2) is 5.11. The summed E-state index contributed by atoms with van der Waals surface area (Å²) in [5.74, 6) is 0.594. The molecule has 2 rings (SSSR count). The number of ether oxygens (including phenoxy) is 2. The third-order valence-electron chi connectivity index (χ3n) is 4.46. The molecule has 2 unspecified atom stereocenters. The zero-order chi connectivity index (χ0) is 12.5. The molecule has 0 radical (unpaired) electrons. The van der Waals surface area contributed by atoms with Crippen LogP contribution in [0.1, 0.15) is 52.9 Å². The highest BCUT2D eigenvalue weighted by molar-refractivity contribution is 5.10. The van der Waals surface area contributed by atoms with E-state index in [2.05, 4.69) is 26.8 Å². The molecule has 2 aliphatic rings. The number of hydrogen-bond donors (Lipinski definition) is 0. The van der Waals surface area contributed by atoms with Gasteiger partial charge in [-0.15, -0.1) is 0 Å². The molecule has 2 fully saturated rings. The van der Waals surface area contributed by atoms with Gasteiger partial charge < -0.3 is 9.47 Å². The summed E-state index contributed by atoms with van der Waals surface area (Å²) in [4.78, 5) is 0. The van der Waals surface area contributed by atoms with Crippen LogP contribution < -0.4 is 0 Å². The summed E-state index contributed by atoms with van der Waals surface area (Å²) >= 11 is 0. The van der Waals surface area contributed by atoms with Crippen molar-refractivity contribution < 1.29 is 9.47 Å². The van der Waals surface area contributed by atoms with E-state index in [1.165, 1.54) is 31.3 Å². The summed E-state index contributed by atoms with van der Waals surface area (Å²) in [5.41, 5.74) is 1.46. The molecule has 0 aromatic rings. The molecule has 2 nitrogen and oxygen atoms in total. The van der Waals surface area contributed by atoms with Crippen LogP contribution in [-0.4, -0.2) is 24.9 Å². The van der Waals surface area contributed by atoms with E-state index < -0.39 is 0 Å². The third kappa shape index (κ3) is 2.74. The van der Waals surface area contributed by atoms with Crippen molar-refractivity contribution in [2.75, 3.05) is 7.11 Å². The van der Waals surface area contributed by atoms with Crippen LogP contribution >= 0.6 is 0 Å². The van der Waals surface area contributed by atoms with Crippen LogP contribution in [0.2, 0.25) is 0 Å². The quantitative estimate of drug-likeness (QED) is 0.550. The molecule has 0 spiro atoms. The monoisotopic (exact) mass is 238 g/mol. The van der Waals surface area contributed by atoms with E-state index in [4.69, 9.17) is 9.47 Å². The topological polar surface area (TPSA) is 21.8 Å². The first-order valence-electron chi connectivity index (χ1n) is 6.92. The largest absolute Gasteiger partial charge is 0.381 e. The fourth-order valence-corrected chi connectivity index (χ4v) is 3.26. The van der Waals surface area contributed by atoms with Gasteiger partial charge in [-0.05, 0) is 40.0 Å². The Balaban J connectivity index is 1.95. The maximum absolute atomic E-state index is 6.00. The summed E-state index contributed by atoms with van der Waals surface area (Å²) < 4.78 is 11.7. The highest BCUT2D eigenvalue weighted by Gasteiger charge is 2.58. The smallest absolute Gasteiger partial charge is 0.0976 e. The highest BCUT2D eigenvalue weighted by Crippen LogP contribution is 2.50. The molecular weight excluding hydrogens is 212 g/mol. The number of epoxide rings is 1. The highest BCUT2D eigenvalue weighted by atomic mass is 16.6. The van der Waals surface area contributed by atoms with Gasteiger partial charge in [-0.25, -0.2) is 0 Å². The molecular formula is C15H26O2. The molecule has 1 saturated carbocycles. The minimum absolute atomic E-state index is 0.0764. The van der Waals surface area contributed by atoms with E-state index in [0.29, 0.717) is 18.1 Å². The fraction of sp³-hybridized carbons (Fsp3) is 0.867. The van der Waals surface area contributed by atoms with Gasteiger partial charge in [0.1, 0.15) is 0 Å². The van der Waals surface area contributed by atoms with Crippen LogP contribution in [0.25, 0.3) is 0 Å². The van der Waals surface area contributed by atoms with E-state index in [9.17, 15) is 0 Å². The summed E-state index contributed by atoms with van der Waals surface area (Å²) in [6.45, 7) is 6.58. The Morgan fingerprint density at radius 3 is 2.71 bits per heavy atom. The first kappa shape index (κ1) is 13.1. The van der Waals surface area contributed by atoms with Crippen molar-refractivity contribution in [1.82, 2.24) is 0 Å². The lowest BCUT2D eigenvalue weighted by molar-refractivity contribution is -0.00777. The maximum atomic E-state index is 6.00. The van der Waals surface area contributed by atoms with E-state index >= 15 is 0 Å². The van der Waals surface area contributed by atoms with Crippen molar-refractivity contribution in [2.24, 2.45) is 5.92 Å². The van der Waals surface area contributed by atoms with E-state index in [-0.39, 0.29) is 5.60 Å². The number of hydrogen-bond acceptors (Lipinski definition) is 2. The van der Waals surface area contributed by atoms with Gasteiger partial charge in [-0.1, -0.05) is 24.5 Å². The zero-order valence-corrected chi connectivity index (χ0v) is 11.7.